The Morgan fingerprint density at radius 1 is 1.04 bits per heavy atom. The van der Waals surface area contributed by atoms with Crippen molar-refractivity contribution in [3.63, 3.8) is 0 Å². The summed E-state index contributed by atoms with van der Waals surface area (Å²) in [7, 11) is 0. The maximum atomic E-state index is 13.7. The summed E-state index contributed by atoms with van der Waals surface area (Å²) in [5.74, 6) is -3.32. The van der Waals surface area contributed by atoms with Crippen molar-refractivity contribution in [2.75, 3.05) is 0 Å². The minimum absolute atomic E-state index is 0.0886. The number of nitrogens with two attached hydrogens (primary N) is 1. The van der Waals surface area contributed by atoms with Crippen LogP contribution >= 0.6 is 11.8 Å². The van der Waals surface area contributed by atoms with Gasteiger partial charge in [0, 0.05) is 4.90 Å². The van der Waals surface area contributed by atoms with Gasteiger partial charge in [0.1, 0.15) is 23.2 Å². The van der Waals surface area contributed by atoms with Crippen molar-refractivity contribution in [3.05, 3.63) is 65.2 Å². The quantitative estimate of drug-likeness (QED) is 0.798. The Labute approximate surface area is 146 Å². The van der Waals surface area contributed by atoms with Crippen LogP contribution in [0.3, 0.4) is 0 Å². The minimum Gasteiger partial charge on any atom is -0.368 e. The maximum absolute atomic E-state index is 13.7. The van der Waals surface area contributed by atoms with E-state index in [1.165, 1.54) is 19.1 Å². The number of rotatable bonds is 5. The van der Waals surface area contributed by atoms with Crippen molar-refractivity contribution in [2.24, 2.45) is 5.73 Å². The van der Waals surface area contributed by atoms with E-state index in [0.717, 1.165) is 18.2 Å². The van der Waals surface area contributed by atoms with Gasteiger partial charge in [-0.2, -0.15) is 0 Å². The minimum atomic E-state index is -0.984. The first kappa shape index (κ1) is 18.6. The lowest BCUT2D eigenvalue weighted by Gasteiger charge is -2.12. The van der Waals surface area contributed by atoms with Gasteiger partial charge in [0.05, 0.1) is 5.56 Å². The Morgan fingerprint density at radius 2 is 1.64 bits per heavy atom. The number of carbonyl (C=O) groups excluding carboxylic acids is 3. The molecule has 2 aromatic rings. The molecule has 2 amide bonds. The fourth-order valence-electron chi connectivity index (χ4n) is 1.93. The van der Waals surface area contributed by atoms with Crippen LogP contribution in [-0.4, -0.2) is 23.0 Å². The molecule has 0 fully saturated rings. The highest BCUT2D eigenvalue weighted by Crippen LogP contribution is 2.28. The highest BCUT2D eigenvalue weighted by Gasteiger charge is 2.22. The molecule has 0 spiro atoms. The molecule has 2 rings (SSSR count). The van der Waals surface area contributed by atoms with E-state index in [9.17, 15) is 23.2 Å². The zero-order chi connectivity index (χ0) is 18.6. The molecule has 0 radical (unpaired) electrons. The lowest BCUT2D eigenvalue weighted by molar-refractivity contribution is -0.119. The van der Waals surface area contributed by atoms with Crippen molar-refractivity contribution < 1.29 is 23.2 Å². The molecule has 0 aliphatic carbocycles. The summed E-state index contributed by atoms with van der Waals surface area (Å²) in [6, 6.07) is 8.21. The fourth-order valence-corrected chi connectivity index (χ4v) is 2.85. The molecule has 0 unspecified atom stereocenters. The molecule has 1 atom stereocenters. The second-order valence-electron chi connectivity index (χ2n) is 5.08. The number of amides is 2. The predicted octanol–water partition coefficient (Wildman–Crippen LogP) is 2.50. The monoisotopic (exact) mass is 364 g/mol. The number of primary amides is 1. The summed E-state index contributed by atoms with van der Waals surface area (Å²) in [5, 5.41) is 1.51. The van der Waals surface area contributed by atoms with E-state index in [4.69, 9.17) is 5.73 Å². The highest BCUT2D eigenvalue weighted by molar-refractivity contribution is 8.14. The number of carbonyl (C=O) groups is 3. The average Bonchev–Trinajstić information content (AvgIpc) is 2.54. The number of benzene rings is 2. The predicted molar refractivity (Wildman–Crippen MR) is 89.1 cm³/mol. The molecule has 5 nitrogen and oxygen atoms in total. The molecule has 0 aliphatic rings. The number of halogens is 2. The molecular weight excluding hydrogens is 350 g/mol. The van der Waals surface area contributed by atoms with Crippen LogP contribution in [0.25, 0.3) is 0 Å². The van der Waals surface area contributed by atoms with E-state index < -0.39 is 40.2 Å². The number of hydrogen-bond donors (Lipinski definition) is 2. The summed E-state index contributed by atoms with van der Waals surface area (Å²) >= 11 is 0.520. The number of hydrogen-bond acceptors (Lipinski definition) is 4. The van der Waals surface area contributed by atoms with Gasteiger partial charge in [-0.3, -0.25) is 14.4 Å². The van der Waals surface area contributed by atoms with Gasteiger partial charge < -0.3 is 11.1 Å². The largest absolute Gasteiger partial charge is 0.368 e. The zero-order valence-corrected chi connectivity index (χ0v) is 13.9. The third-order valence-corrected chi connectivity index (χ3v) is 4.24. The van der Waals surface area contributed by atoms with Crippen LogP contribution in [-0.2, 0) is 4.79 Å². The van der Waals surface area contributed by atoms with E-state index in [1.54, 1.807) is 12.1 Å². The molecule has 0 aromatic heterocycles. The molecule has 0 saturated carbocycles. The van der Waals surface area contributed by atoms with Gasteiger partial charge in [-0.1, -0.05) is 18.2 Å². The standard InChI is InChI=1S/C17H14F2N2O3S/c1-9(15(20)22)21-16(23)10-5-2-3-8-13(10)25-17(24)14-11(18)6-4-7-12(14)19/h2-9H,1H3,(H2,20,22)(H,21,23)/t9-/m1/s1. The van der Waals surface area contributed by atoms with Crippen molar-refractivity contribution in [3.8, 4) is 0 Å². The van der Waals surface area contributed by atoms with Crippen LogP contribution in [0.5, 0.6) is 0 Å². The molecule has 130 valence electrons. The first-order valence-electron chi connectivity index (χ1n) is 7.16. The zero-order valence-electron chi connectivity index (χ0n) is 13.1. The van der Waals surface area contributed by atoms with Gasteiger partial charge in [0.25, 0.3) is 5.91 Å². The Morgan fingerprint density at radius 3 is 2.24 bits per heavy atom. The van der Waals surface area contributed by atoms with Gasteiger partial charge in [-0.15, -0.1) is 0 Å². The molecule has 3 N–H and O–H groups in total. The SMILES string of the molecule is C[C@@H](NC(=O)c1ccccc1SC(=O)c1c(F)cccc1F)C(N)=O. The second-order valence-corrected chi connectivity index (χ2v) is 6.09. The summed E-state index contributed by atoms with van der Waals surface area (Å²) in [6.07, 6.45) is 0. The molecule has 0 heterocycles. The van der Waals surface area contributed by atoms with Crippen LogP contribution in [0, 0.1) is 11.6 Å². The summed E-state index contributed by atoms with van der Waals surface area (Å²) in [4.78, 5) is 35.7. The normalized spacial score (nSPS) is 11.6. The smallest absolute Gasteiger partial charge is 0.253 e. The molecule has 0 aliphatic heterocycles. The summed E-state index contributed by atoms with van der Waals surface area (Å²) < 4.78 is 27.4. The van der Waals surface area contributed by atoms with Crippen LogP contribution in [0.4, 0.5) is 8.78 Å². The van der Waals surface area contributed by atoms with Gasteiger partial charge in [0.2, 0.25) is 11.0 Å². The van der Waals surface area contributed by atoms with Crippen molar-refractivity contribution in [1.29, 1.82) is 0 Å². The summed E-state index contributed by atoms with van der Waals surface area (Å²) in [6.45, 7) is 1.41. The van der Waals surface area contributed by atoms with E-state index in [2.05, 4.69) is 5.32 Å². The second kappa shape index (κ2) is 7.89. The topological polar surface area (TPSA) is 89.3 Å². The van der Waals surface area contributed by atoms with Crippen molar-refractivity contribution in [1.82, 2.24) is 5.32 Å². The Balaban J connectivity index is 2.28. The Bertz CT molecular complexity index is 822. The van der Waals surface area contributed by atoms with Gasteiger partial charge in [-0.05, 0) is 43.0 Å². The van der Waals surface area contributed by atoms with Crippen LogP contribution < -0.4 is 11.1 Å². The lowest BCUT2D eigenvalue weighted by Crippen LogP contribution is -2.42. The third-order valence-electron chi connectivity index (χ3n) is 3.28. The lowest BCUT2D eigenvalue weighted by atomic mass is 10.2. The highest BCUT2D eigenvalue weighted by atomic mass is 32.2. The molecule has 8 heteroatoms. The van der Waals surface area contributed by atoms with Crippen LogP contribution in [0.1, 0.15) is 27.6 Å². The molecule has 2 aromatic carbocycles. The van der Waals surface area contributed by atoms with Crippen molar-refractivity contribution >= 4 is 28.7 Å². The third kappa shape index (κ3) is 4.42. The first-order chi connectivity index (χ1) is 11.8. The van der Waals surface area contributed by atoms with E-state index in [-0.39, 0.29) is 10.5 Å². The van der Waals surface area contributed by atoms with Crippen LogP contribution in [0.2, 0.25) is 0 Å². The van der Waals surface area contributed by atoms with Gasteiger partial charge in [-0.25, -0.2) is 8.78 Å². The van der Waals surface area contributed by atoms with Crippen molar-refractivity contribution in [2.45, 2.75) is 17.9 Å². The Hall–Kier alpha value is -2.74. The number of nitrogens with one attached hydrogen (secondary N) is 1. The average molecular weight is 364 g/mol. The van der Waals surface area contributed by atoms with Gasteiger partial charge >= 0.3 is 0 Å². The molecule has 0 bridgehead atoms. The fraction of sp³-hybridized carbons (Fsp3) is 0.118. The van der Waals surface area contributed by atoms with Gasteiger partial charge in [0.15, 0.2) is 0 Å². The number of thioether (sulfide) groups is 1. The van der Waals surface area contributed by atoms with E-state index in [1.807, 2.05) is 0 Å². The maximum Gasteiger partial charge on any atom is 0.253 e. The molecule has 25 heavy (non-hydrogen) atoms. The van der Waals surface area contributed by atoms with E-state index in [0.29, 0.717) is 11.8 Å². The molecular formula is C17H14F2N2O3S. The van der Waals surface area contributed by atoms with Crippen LogP contribution in [0.15, 0.2) is 47.4 Å². The Kier molecular flexibility index (Phi) is 5.87. The first-order valence-corrected chi connectivity index (χ1v) is 7.98. The molecule has 0 saturated heterocycles. The van der Waals surface area contributed by atoms with E-state index >= 15 is 0 Å². The summed E-state index contributed by atoms with van der Waals surface area (Å²) in [5.41, 5.74) is 4.50.